The van der Waals surface area contributed by atoms with Crippen molar-refractivity contribution in [2.24, 2.45) is 5.92 Å². The van der Waals surface area contributed by atoms with Gasteiger partial charge in [-0.25, -0.2) is 0 Å². The van der Waals surface area contributed by atoms with Gasteiger partial charge in [-0.3, -0.25) is 0 Å². The summed E-state index contributed by atoms with van der Waals surface area (Å²) in [4.78, 5) is 0. The van der Waals surface area contributed by atoms with Gasteiger partial charge in [-0.2, -0.15) is 0 Å². The summed E-state index contributed by atoms with van der Waals surface area (Å²) in [6.07, 6.45) is 7.91. The van der Waals surface area contributed by atoms with Crippen molar-refractivity contribution >= 4 is 0 Å². The van der Waals surface area contributed by atoms with Crippen molar-refractivity contribution in [1.29, 1.82) is 0 Å². The number of aryl methyl sites for hydroxylation is 1. The van der Waals surface area contributed by atoms with Crippen LogP contribution < -0.4 is 0 Å². The molecule has 1 aromatic rings. The lowest BCUT2D eigenvalue weighted by atomic mass is 10.0. The van der Waals surface area contributed by atoms with Crippen LogP contribution in [0.25, 0.3) is 0 Å². The molecular weight excluding hydrogens is 240 g/mol. The van der Waals surface area contributed by atoms with E-state index in [1.165, 1.54) is 37.7 Å². The molecule has 0 fully saturated rings. The molecule has 0 aliphatic rings. The smallest absolute Gasteiger partial charge is 0.0307 e. The Balaban J connectivity index is -0.000000232. The van der Waals surface area contributed by atoms with Gasteiger partial charge >= 0.3 is 0 Å². The summed E-state index contributed by atoms with van der Waals surface area (Å²) < 4.78 is 0. The fourth-order valence-corrected chi connectivity index (χ4v) is 1.84. The van der Waals surface area contributed by atoms with Crippen LogP contribution in [0, 0.1) is 5.92 Å². The molecular formula is C20H40. The molecule has 0 heterocycles. The number of hydrogen-bond donors (Lipinski definition) is 0. The summed E-state index contributed by atoms with van der Waals surface area (Å²) in [5, 5.41) is 0. The zero-order chi connectivity index (χ0) is 14.9. The Bertz CT molecular complexity index is 231. The summed E-state index contributed by atoms with van der Waals surface area (Å²) in [6.45, 7) is 13.3. The maximum absolute atomic E-state index is 2.34. The van der Waals surface area contributed by atoms with Crippen LogP contribution in [-0.2, 0) is 6.42 Å². The fraction of sp³-hybridized carbons (Fsp3) is 0.700. The van der Waals surface area contributed by atoms with E-state index in [1.807, 2.05) is 6.07 Å². The summed E-state index contributed by atoms with van der Waals surface area (Å²) in [6, 6.07) is 10.5. The third-order valence-corrected chi connectivity index (χ3v) is 2.81. The lowest BCUT2D eigenvalue weighted by Gasteiger charge is -2.05. The summed E-state index contributed by atoms with van der Waals surface area (Å²) in [5.41, 5.74) is 1.41. The average Bonchev–Trinajstić information content (AvgIpc) is 2.42. The molecule has 0 amide bonds. The first-order valence-corrected chi connectivity index (χ1v) is 8.19. The predicted octanol–water partition coefficient (Wildman–Crippen LogP) is 7.52. The van der Waals surface area contributed by atoms with Crippen molar-refractivity contribution in [3.05, 3.63) is 35.9 Å². The Morgan fingerprint density at radius 1 is 0.800 bits per heavy atom. The minimum Gasteiger partial charge on any atom is -0.0776 e. The van der Waals surface area contributed by atoms with Crippen LogP contribution in [-0.4, -0.2) is 0 Å². The maximum atomic E-state index is 2.34. The molecule has 0 aliphatic carbocycles. The molecule has 0 unspecified atom stereocenters. The normalized spacial score (nSPS) is 8.75. The topological polar surface area (TPSA) is 0 Å². The van der Waals surface area contributed by atoms with Crippen LogP contribution in [0.2, 0.25) is 0 Å². The molecule has 0 bridgehead atoms. The van der Waals surface area contributed by atoms with Gasteiger partial charge in [0.2, 0.25) is 0 Å². The van der Waals surface area contributed by atoms with E-state index in [-0.39, 0.29) is 7.43 Å². The van der Waals surface area contributed by atoms with Crippen LogP contribution >= 0.6 is 0 Å². The molecule has 0 nitrogen and oxygen atoms in total. The summed E-state index contributed by atoms with van der Waals surface area (Å²) in [5.74, 6) is 0.963. The first-order valence-electron chi connectivity index (χ1n) is 8.19. The van der Waals surface area contributed by atoms with Gasteiger partial charge in [0.25, 0.3) is 0 Å². The quantitative estimate of drug-likeness (QED) is 0.523. The molecule has 0 atom stereocenters. The summed E-state index contributed by atoms with van der Waals surface area (Å²) in [7, 11) is 0. The highest BCUT2D eigenvalue weighted by atomic mass is 14.0. The lowest BCUT2D eigenvalue weighted by molar-refractivity contribution is 0.480. The van der Waals surface area contributed by atoms with Gasteiger partial charge in [0.1, 0.15) is 0 Å². The molecule has 0 aliphatic heterocycles. The Hall–Kier alpha value is -0.780. The van der Waals surface area contributed by atoms with E-state index >= 15 is 0 Å². The third kappa shape index (κ3) is 19.6. The SMILES string of the molecule is C.CCC.CCCC(C)CCC.CCc1ccccc1. The first-order chi connectivity index (χ1) is 9.15. The number of benzene rings is 1. The predicted molar refractivity (Wildman–Crippen MR) is 97.5 cm³/mol. The molecule has 0 N–H and O–H groups in total. The molecule has 0 heteroatoms. The summed E-state index contributed by atoms with van der Waals surface area (Å²) >= 11 is 0. The van der Waals surface area contributed by atoms with Gasteiger partial charge in [0.15, 0.2) is 0 Å². The van der Waals surface area contributed by atoms with Gasteiger partial charge in [-0.1, -0.05) is 111 Å². The van der Waals surface area contributed by atoms with E-state index in [1.54, 1.807) is 0 Å². The standard InChI is InChI=1S/C8H10.C8H18.C3H8.CH4/c1-2-8-6-4-3-5-7-8;1-4-6-8(3)7-5-2;1-3-2;/h3-7H,2H2,1H3;8H,4-7H2,1-3H3;3H2,1-2H3;1H4. The van der Waals surface area contributed by atoms with Crippen molar-refractivity contribution in [3.63, 3.8) is 0 Å². The van der Waals surface area contributed by atoms with Crippen LogP contribution in [0.5, 0.6) is 0 Å². The van der Waals surface area contributed by atoms with E-state index in [9.17, 15) is 0 Å². The highest BCUT2D eigenvalue weighted by molar-refractivity contribution is 5.13. The Morgan fingerprint density at radius 2 is 1.20 bits per heavy atom. The van der Waals surface area contributed by atoms with Crippen molar-refractivity contribution in [2.45, 2.75) is 87.5 Å². The Labute approximate surface area is 130 Å². The van der Waals surface area contributed by atoms with Crippen LogP contribution in [0.4, 0.5) is 0 Å². The molecule has 20 heavy (non-hydrogen) atoms. The van der Waals surface area contributed by atoms with Gasteiger partial charge in [0, 0.05) is 0 Å². The second-order valence-electron chi connectivity index (χ2n) is 5.23. The molecule has 0 spiro atoms. The first kappa shape index (κ1) is 24.3. The van der Waals surface area contributed by atoms with Crippen LogP contribution in [0.1, 0.15) is 86.6 Å². The minimum absolute atomic E-state index is 0. The van der Waals surface area contributed by atoms with E-state index < -0.39 is 0 Å². The van der Waals surface area contributed by atoms with E-state index in [2.05, 4.69) is 65.8 Å². The van der Waals surface area contributed by atoms with Gasteiger partial charge < -0.3 is 0 Å². The second-order valence-corrected chi connectivity index (χ2v) is 5.23. The molecule has 0 aromatic heterocycles. The van der Waals surface area contributed by atoms with Crippen molar-refractivity contribution in [2.75, 3.05) is 0 Å². The number of rotatable bonds is 5. The maximum Gasteiger partial charge on any atom is -0.0307 e. The van der Waals surface area contributed by atoms with E-state index in [4.69, 9.17) is 0 Å². The molecule has 0 radical (unpaired) electrons. The molecule has 0 saturated carbocycles. The van der Waals surface area contributed by atoms with Crippen molar-refractivity contribution in [3.8, 4) is 0 Å². The Morgan fingerprint density at radius 3 is 1.45 bits per heavy atom. The van der Waals surface area contributed by atoms with Crippen molar-refractivity contribution in [1.82, 2.24) is 0 Å². The Kier molecular flexibility index (Phi) is 24.9. The largest absolute Gasteiger partial charge is 0.0776 e. The molecule has 1 rings (SSSR count). The molecule has 0 saturated heterocycles. The van der Waals surface area contributed by atoms with E-state index in [0.717, 1.165) is 12.3 Å². The highest BCUT2D eigenvalue weighted by Gasteiger charge is 1.95. The third-order valence-electron chi connectivity index (χ3n) is 2.81. The average molecular weight is 281 g/mol. The lowest BCUT2D eigenvalue weighted by Crippen LogP contribution is -1.91. The monoisotopic (exact) mass is 280 g/mol. The zero-order valence-corrected chi connectivity index (χ0v) is 14.2. The van der Waals surface area contributed by atoms with Crippen LogP contribution in [0.15, 0.2) is 30.3 Å². The fourth-order valence-electron chi connectivity index (χ4n) is 1.84. The van der Waals surface area contributed by atoms with Crippen molar-refractivity contribution < 1.29 is 0 Å². The molecule has 120 valence electrons. The van der Waals surface area contributed by atoms with E-state index in [0.29, 0.717) is 0 Å². The van der Waals surface area contributed by atoms with Gasteiger partial charge in [0.05, 0.1) is 0 Å². The number of hydrogen-bond acceptors (Lipinski definition) is 0. The van der Waals surface area contributed by atoms with Gasteiger partial charge in [-0.05, 0) is 17.9 Å². The minimum atomic E-state index is 0. The van der Waals surface area contributed by atoms with Crippen LogP contribution in [0.3, 0.4) is 0 Å². The zero-order valence-electron chi connectivity index (χ0n) is 14.2. The molecule has 1 aromatic carbocycles. The van der Waals surface area contributed by atoms with Gasteiger partial charge in [-0.15, -0.1) is 0 Å². The highest BCUT2D eigenvalue weighted by Crippen LogP contribution is 2.10. The second kappa shape index (κ2) is 20.5.